The number of fused-ring (bicyclic) bond motifs is 1. The third-order valence-corrected chi connectivity index (χ3v) is 3.97. The fourth-order valence-electron chi connectivity index (χ4n) is 2.29. The molecule has 2 aromatic heterocycles. The molecule has 0 aliphatic rings. The third-order valence-electron chi connectivity index (χ3n) is 3.47. The fraction of sp³-hybridized carbons (Fsp3) is 0.200. The Labute approximate surface area is 129 Å². The molecule has 0 radical (unpaired) electrons. The van der Waals surface area contributed by atoms with E-state index in [1.165, 1.54) is 0 Å². The number of nitrogens with zero attached hydrogens (tertiary/aromatic N) is 3. The topological polar surface area (TPSA) is 30.7 Å². The van der Waals surface area contributed by atoms with Gasteiger partial charge in [-0.3, -0.25) is 0 Å². The summed E-state index contributed by atoms with van der Waals surface area (Å²) >= 11 is 6.28. The van der Waals surface area contributed by atoms with Crippen molar-refractivity contribution in [3.05, 3.63) is 46.6 Å². The molecule has 3 aromatic rings. The monoisotopic (exact) mass is 325 g/mol. The maximum absolute atomic E-state index is 12.8. The molecule has 22 heavy (non-hydrogen) atoms. The van der Waals surface area contributed by atoms with Crippen LogP contribution in [0.1, 0.15) is 11.1 Å². The molecule has 2 heterocycles. The summed E-state index contributed by atoms with van der Waals surface area (Å²) in [7, 11) is 1.70. The predicted octanol–water partition coefficient (Wildman–Crippen LogP) is 4.62. The van der Waals surface area contributed by atoms with Gasteiger partial charge in [-0.1, -0.05) is 23.7 Å². The SMILES string of the molecule is Cc1cccc(-c2nc3cc(C(F)(F)F)cnc3n2C)c1Cl. The third kappa shape index (κ3) is 2.33. The molecule has 0 unspecified atom stereocenters. The van der Waals surface area contributed by atoms with Gasteiger partial charge >= 0.3 is 6.18 Å². The highest BCUT2D eigenvalue weighted by molar-refractivity contribution is 6.34. The molecular formula is C15H11ClF3N3. The number of imidazole rings is 1. The lowest BCUT2D eigenvalue weighted by Gasteiger charge is -2.06. The van der Waals surface area contributed by atoms with Gasteiger partial charge in [0.15, 0.2) is 5.65 Å². The first kappa shape index (κ1) is 14.8. The lowest BCUT2D eigenvalue weighted by molar-refractivity contribution is -0.137. The second-order valence-corrected chi connectivity index (χ2v) is 5.37. The molecule has 3 nitrogen and oxygen atoms in total. The number of aryl methyl sites for hydroxylation is 2. The summed E-state index contributed by atoms with van der Waals surface area (Å²) in [5.74, 6) is 0.482. The van der Waals surface area contributed by atoms with Gasteiger partial charge in [0.2, 0.25) is 0 Å². The van der Waals surface area contributed by atoms with E-state index in [0.29, 0.717) is 22.1 Å². The summed E-state index contributed by atoms with van der Waals surface area (Å²) in [4.78, 5) is 8.16. The molecule has 0 fully saturated rings. The summed E-state index contributed by atoms with van der Waals surface area (Å²) in [5, 5.41) is 0.525. The molecule has 0 amide bonds. The Kier molecular flexibility index (Phi) is 3.36. The van der Waals surface area contributed by atoms with Crippen molar-refractivity contribution in [3.63, 3.8) is 0 Å². The van der Waals surface area contributed by atoms with Crippen molar-refractivity contribution in [2.45, 2.75) is 13.1 Å². The van der Waals surface area contributed by atoms with Crippen molar-refractivity contribution < 1.29 is 13.2 Å². The molecular weight excluding hydrogens is 315 g/mol. The van der Waals surface area contributed by atoms with E-state index < -0.39 is 11.7 Å². The predicted molar refractivity (Wildman–Crippen MR) is 78.7 cm³/mol. The number of rotatable bonds is 1. The van der Waals surface area contributed by atoms with Crippen LogP contribution < -0.4 is 0 Å². The number of aromatic nitrogens is 3. The smallest absolute Gasteiger partial charge is 0.312 e. The Morgan fingerprint density at radius 3 is 2.64 bits per heavy atom. The standard InChI is InChI=1S/C15H11ClF3N3/c1-8-4-3-5-10(12(8)16)13-21-11-6-9(15(17,18)19)7-20-14(11)22(13)2/h3-7H,1-2H3. The normalized spacial score (nSPS) is 12.1. The van der Waals surface area contributed by atoms with E-state index in [4.69, 9.17) is 11.6 Å². The molecule has 1 aromatic carbocycles. The van der Waals surface area contributed by atoms with Crippen LogP contribution >= 0.6 is 11.6 Å². The van der Waals surface area contributed by atoms with Crippen molar-refractivity contribution in [1.29, 1.82) is 0 Å². The summed E-state index contributed by atoms with van der Waals surface area (Å²) in [6.07, 6.45) is -3.63. The zero-order chi connectivity index (χ0) is 16.1. The molecule has 0 atom stereocenters. The largest absolute Gasteiger partial charge is 0.417 e. The Hall–Kier alpha value is -2.08. The Balaban J connectivity index is 2.24. The molecule has 7 heteroatoms. The summed E-state index contributed by atoms with van der Waals surface area (Å²) in [6.45, 7) is 1.86. The van der Waals surface area contributed by atoms with E-state index in [1.54, 1.807) is 17.7 Å². The van der Waals surface area contributed by atoms with E-state index in [2.05, 4.69) is 9.97 Å². The van der Waals surface area contributed by atoms with Crippen LogP contribution in [0.3, 0.4) is 0 Å². The molecule has 0 N–H and O–H groups in total. The van der Waals surface area contributed by atoms with E-state index in [0.717, 1.165) is 17.8 Å². The fourth-order valence-corrected chi connectivity index (χ4v) is 2.50. The van der Waals surface area contributed by atoms with Gasteiger partial charge < -0.3 is 4.57 Å². The molecule has 0 bridgehead atoms. The summed E-state index contributed by atoms with van der Waals surface area (Å²) in [6, 6.07) is 6.45. The second-order valence-electron chi connectivity index (χ2n) is 5.00. The van der Waals surface area contributed by atoms with E-state index in [-0.39, 0.29) is 5.52 Å². The maximum Gasteiger partial charge on any atom is 0.417 e. The minimum Gasteiger partial charge on any atom is -0.312 e. The molecule has 3 rings (SSSR count). The van der Waals surface area contributed by atoms with Crippen LogP contribution in [0.25, 0.3) is 22.6 Å². The van der Waals surface area contributed by atoms with Crippen LogP contribution in [0.5, 0.6) is 0 Å². The van der Waals surface area contributed by atoms with Crippen LogP contribution in [0.4, 0.5) is 13.2 Å². The maximum atomic E-state index is 12.8. The number of benzene rings is 1. The van der Waals surface area contributed by atoms with Crippen LogP contribution in [0, 0.1) is 6.92 Å². The van der Waals surface area contributed by atoms with Crippen molar-refractivity contribution in [2.75, 3.05) is 0 Å². The van der Waals surface area contributed by atoms with Crippen molar-refractivity contribution in [2.24, 2.45) is 7.05 Å². The van der Waals surface area contributed by atoms with Gasteiger partial charge in [0.25, 0.3) is 0 Å². The van der Waals surface area contributed by atoms with Crippen LogP contribution in [-0.2, 0) is 13.2 Å². The highest BCUT2D eigenvalue weighted by atomic mass is 35.5. The minimum atomic E-state index is -4.44. The summed E-state index contributed by atoms with van der Waals surface area (Å²) < 4.78 is 39.9. The number of halogens is 4. The molecule has 114 valence electrons. The first-order valence-electron chi connectivity index (χ1n) is 6.44. The molecule has 0 aliphatic carbocycles. The molecule has 0 spiro atoms. The highest BCUT2D eigenvalue weighted by Crippen LogP contribution is 2.33. The minimum absolute atomic E-state index is 0.185. The lowest BCUT2D eigenvalue weighted by atomic mass is 10.1. The van der Waals surface area contributed by atoms with Gasteiger partial charge in [0.1, 0.15) is 11.3 Å². The number of alkyl halides is 3. The highest BCUT2D eigenvalue weighted by Gasteiger charge is 2.31. The first-order valence-corrected chi connectivity index (χ1v) is 6.82. The number of hydrogen-bond donors (Lipinski definition) is 0. The van der Waals surface area contributed by atoms with Crippen LogP contribution in [-0.4, -0.2) is 14.5 Å². The number of pyridine rings is 1. The quantitative estimate of drug-likeness (QED) is 0.654. The average molecular weight is 326 g/mol. The Morgan fingerprint density at radius 2 is 1.95 bits per heavy atom. The van der Waals surface area contributed by atoms with Crippen LogP contribution in [0.15, 0.2) is 30.5 Å². The zero-order valence-corrected chi connectivity index (χ0v) is 12.5. The number of hydrogen-bond acceptors (Lipinski definition) is 2. The average Bonchev–Trinajstić information content (AvgIpc) is 2.78. The van der Waals surface area contributed by atoms with E-state index >= 15 is 0 Å². The van der Waals surface area contributed by atoms with Gasteiger partial charge in [-0.05, 0) is 24.6 Å². The molecule has 0 saturated carbocycles. The van der Waals surface area contributed by atoms with Crippen molar-refractivity contribution in [3.8, 4) is 11.4 Å². The zero-order valence-electron chi connectivity index (χ0n) is 11.7. The van der Waals surface area contributed by atoms with Crippen molar-refractivity contribution in [1.82, 2.24) is 14.5 Å². The summed E-state index contributed by atoms with van der Waals surface area (Å²) in [5.41, 5.74) is 1.27. The van der Waals surface area contributed by atoms with Crippen LogP contribution in [0.2, 0.25) is 5.02 Å². The first-order chi connectivity index (χ1) is 10.3. The lowest BCUT2D eigenvalue weighted by Crippen LogP contribution is -2.05. The van der Waals surface area contributed by atoms with Gasteiger partial charge in [0.05, 0.1) is 10.6 Å². The Morgan fingerprint density at radius 1 is 1.23 bits per heavy atom. The molecule has 0 aliphatic heterocycles. The van der Waals surface area contributed by atoms with Gasteiger partial charge in [0, 0.05) is 18.8 Å². The van der Waals surface area contributed by atoms with E-state index in [1.807, 2.05) is 19.1 Å². The van der Waals surface area contributed by atoms with Gasteiger partial charge in [-0.2, -0.15) is 13.2 Å². The van der Waals surface area contributed by atoms with Gasteiger partial charge in [-0.25, -0.2) is 9.97 Å². The Bertz CT molecular complexity index is 868. The van der Waals surface area contributed by atoms with Crippen molar-refractivity contribution >= 4 is 22.8 Å². The molecule has 0 saturated heterocycles. The van der Waals surface area contributed by atoms with E-state index in [9.17, 15) is 13.2 Å². The van der Waals surface area contributed by atoms with Gasteiger partial charge in [-0.15, -0.1) is 0 Å². The second kappa shape index (κ2) is 4.98.